The van der Waals surface area contributed by atoms with E-state index >= 15 is 0 Å². The Morgan fingerprint density at radius 2 is 2.35 bits per heavy atom. The van der Waals surface area contributed by atoms with Crippen molar-refractivity contribution in [3.05, 3.63) is 24.2 Å². The smallest absolute Gasteiger partial charge is 0.317 e. The van der Waals surface area contributed by atoms with Crippen molar-refractivity contribution in [3.63, 3.8) is 0 Å². The molecule has 0 bridgehead atoms. The second-order valence-electron chi connectivity index (χ2n) is 4.48. The highest BCUT2D eigenvalue weighted by atomic mass is 16.5. The van der Waals surface area contributed by atoms with Gasteiger partial charge in [-0.3, -0.25) is 4.79 Å². The first-order valence-electron chi connectivity index (χ1n) is 6.16. The lowest BCUT2D eigenvalue weighted by molar-refractivity contribution is -0.142. The van der Waals surface area contributed by atoms with Crippen molar-refractivity contribution >= 4 is 5.97 Å². The molecule has 0 saturated heterocycles. The number of carbonyl (C=O) groups excluding carboxylic acids is 1. The van der Waals surface area contributed by atoms with Gasteiger partial charge in [0.15, 0.2) is 0 Å². The number of carbonyl (C=O) groups is 1. The topological polar surface area (TPSA) is 51.5 Å². The Bertz CT molecular complexity index is 342. The van der Waals surface area contributed by atoms with Gasteiger partial charge in [-0.05, 0) is 25.0 Å². The maximum absolute atomic E-state index is 11.7. The maximum Gasteiger partial charge on any atom is 0.317 e. The molecule has 4 nitrogen and oxygen atoms in total. The van der Waals surface area contributed by atoms with Crippen LogP contribution in [0.2, 0.25) is 0 Å². The van der Waals surface area contributed by atoms with Gasteiger partial charge in [0, 0.05) is 12.6 Å². The van der Waals surface area contributed by atoms with E-state index in [1.165, 1.54) is 32.8 Å². The van der Waals surface area contributed by atoms with Gasteiger partial charge in [-0.2, -0.15) is 0 Å². The molecule has 0 aromatic carbocycles. The molecule has 1 aromatic rings. The third-order valence-corrected chi connectivity index (χ3v) is 3.34. The summed E-state index contributed by atoms with van der Waals surface area (Å²) < 4.78 is 10.1. The molecule has 1 aliphatic carbocycles. The first-order chi connectivity index (χ1) is 8.31. The summed E-state index contributed by atoms with van der Waals surface area (Å²) in [5.41, 5.74) is 0. The number of hydrogen-bond acceptors (Lipinski definition) is 4. The predicted molar refractivity (Wildman–Crippen MR) is 63.7 cm³/mol. The zero-order valence-electron chi connectivity index (χ0n) is 10.1. The van der Waals surface area contributed by atoms with Crippen molar-refractivity contribution in [2.45, 2.75) is 37.6 Å². The second-order valence-corrected chi connectivity index (χ2v) is 4.48. The third kappa shape index (κ3) is 3.09. The molecular weight excluding hydrogens is 218 g/mol. The van der Waals surface area contributed by atoms with Gasteiger partial charge in [-0.15, -0.1) is 0 Å². The zero-order valence-corrected chi connectivity index (χ0v) is 10.1. The summed E-state index contributed by atoms with van der Waals surface area (Å²) in [7, 11) is 1.41. The summed E-state index contributed by atoms with van der Waals surface area (Å²) in [5.74, 6) is 0.0865. The van der Waals surface area contributed by atoms with E-state index in [1.807, 2.05) is 6.07 Å². The number of methoxy groups -OCH3 is 1. The second kappa shape index (κ2) is 5.87. The van der Waals surface area contributed by atoms with Crippen LogP contribution in [0.5, 0.6) is 0 Å². The minimum Gasteiger partial charge on any atom is -0.468 e. The van der Waals surface area contributed by atoms with E-state index in [4.69, 9.17) is 9.15 Å². The van der Waals surface area contributed by atoms with Crippen LogP contribution in [-0.2, 0) is 9.53 Å². The molecule has 17 heavy (non-hydrogen) atoms. The molecule has 1 N–H and O–H groups in total. The molecule has 1 fully saturated rings. The molecule has 2 rings (SSSR count). The van der Waals surface area contributed by atoms with E-state index in [1.54, 1.807) is 12.3 Å². The standard InChI is InChI=1S/C13H19NO3/c1-16-13(15)11(12-7-4-8-17-12)9-14-10-5-2-3-6-10/h4,7-8,10-11,14H,2-3,5-6,9H2,1H3. The zero-order chi connectivity index (χ0) is 12.1. The molecule has 1 aromatic heterocycles. The molecule has 1 atom stereocenters. The Morgan fingerprint density at radius 1 is 1.59 bits per heavy atom. The van der Waals surface area contributed by atoms with Crippen LogP contribution in [-0.4, -0.2) is 25.7 Å². The molecule has 0 spiro atoms. The molecule has 1 saturated carbocycles. The summed E-state index contributed by atoms with van der Waals surface area (Å²) in [6.07, 6.45) is 6.54. The van der Waals surface area contributed by atoms with E-state index in [-0.39, 0.29) is 11.9 Å². The van der Waals surface area contributed by atoms with Crippen LogP contribution >= 0.6 is 0 Å². The van der Waals surface area contributed by atoms with Crippen molar-refractivity contribution in [1.82, 2.24) is 5.32 Å². The molecule has 1 unspecified atom stereocenters. The van der Waals surface area contributed by atoms with Gasteiger partial charge < -0.3 is 14.5 Å². The van der Waals surface area contributed by atoms with Crippen molar-refractivity contribution < 1.29 is 13.9 Å². The van der Waals surface area contributed by atoms with Crippen molar-refractivity contribution in [2.24, 2.45) is 0 Å². The van der Waals surface area contributed by atoms with Crippen LogP contribution in [0.25, 0.3) is 0 Å². The summed E-state index contributed by atoms with van der Waals surface area (Å²) in [6, 6.07) is 4.15. The number of ether oxygens (including phenoxy) is 1. The van der Waals surface area contributed by atoms with E-state index in [2.05, 4.69) is 5.32 Å². The van der Waals surface area contributed by atoms with E-state index in [0.717, 1.165) is 0 Å². The fourth-order valence-electron chi connectivity index (χ4n) is 2.35. The third-order valence-electron chi connectivity index (χ3n) is 3.34. The Hall–Kier alpha value is -1.29. The Labute approximate surface area is 101 Å². The van der Waals surface area contributed by atoms with Crippen LogP contribution in [0.4, 0.5) is 0 Å². The number of hydrogen-bond donors (Lipinski definition) is 1. The molecule has 1 aliphatic rings. The van der Waals surface area contributed by atoms with Gasteiger partial charge in [0.2, 0.25) is 0 Å². The van der Waals surface area contributed by atoms with Crippen molar-refractivity contribution in [2.75, 3.05) is 13.7 Å². The van der Waals surface area contributed by atoms with Crippen LogP contribution in [0, 0.1) is 0 Å². The Morgan fingerprint density at radius 3 is 2.94 bits per heavy atom. The fourth-order valence-corrected chi connectivity index (χ4v) is 2.35. The first kappa shape index (κ1) is 12.2. The highest BCUT2D eigenvalue weighted by Crippen LogP contribution is 2.21. The Kier molecular flexibility index (Phi) is 4.20. The monoisotopic (exact) mass is 237 g/mol. The summed E-state index contributed by atoms with van der Waals surface area (Å²) in [5, 5.41) is 3.42. The molecule has 0 radical (unpaired) electrons. The molecule has 0 aliphatic heterocycles. The van der Waals surface area contributed by atoms with Gasteiger partial charge in [-0.25, -0.2) is 0 Å². The average molecular weight is 237 g/mol. The summed E-state index contributed by atoms with van der Waals surface area (Å²) in [6.45, 7) is 0.588. The van der Waals surface area contributed by atoms with Gasteiger partial charge in [0.25, 0.3) is 0 Å². The number of esters is 1. The van der Waals surface area contributed by atoms with E-state index in [0.29, 0.717) is 18.3 Å². The summed E-state index contributed by atoms with van der Waals surface area (Å²) in [4.78, 5) is 11.7. The highest BCUT2D eigenvalue weighted by Gasteiger charge is 2.25. The minimum absolute atomic E-state index is 0.245. The lowest BCUT2D eigenvalue weighted by Gasteiger charge is -2.16. The lowest BCUT2D eigenvalue weighted by atomic mass is 10.1. The van der Waals surface area contributed by atoms with E-state index in [9.17, 15) is 4.79 Å². The molecule has 4 heteroatoms. The van der Waals surface area contributed by atoms with Gasteiger partial charge in [0.05, 0.1) is 13.4 Å². The van der Waals surface area contributed by atoms with Crippen molar-refractivity contribution in [3.8, 4) is 0 Å². The maximum atomic E-state index is 11.7. The normalized spacial score (nSPS) is 18.2. The minimum atomic E-state index is -0.337. The fraction of sp³-hybridized carbons (Fsp3) is 0.615. The van der Waals surface area contributed by atoms with Gasteiger partial charge >= 0.3 is 5.97 Å². The molecule has 94 valence electrons. The predicted octanol–water partition coefficient (Wildman–Crippen LogP) is 2.07. The number of furan rings is 1. The quantitative estimate of drug-likeness (QED) is 0.796. The number of nitrogens with one attached hydrogen (secondary N) is 1. The van der Waals surface area contributed by atoms with E-state index < -0.39 is 0 Å². The largest absolute Gasteiger partial charge is 0.468 e. The lowest BCUT2D eigenvalue weighted by Crippen LogP contribution is -2.33. The van der Waals surface area contributed by atoms with Crippen LogP contribution in [0.1, 0.15) is 37.4 Å². The Balaban J connectivity index is 1.93. The molecule has 1 heterocycles. The van der Waals surface area contributed by atoms with Crippen LogP contribution in [0.15, 0.2) is 22.8 Å². The number of rotatable bonds is 5. The van der Waals surface area contributed by atoms with Gasteiger partial charge in [-0.1, -0.05) is 12.8 Å². The molecular formula is C13H19NO3. The summed E-state index contributed by atoms with van der Waals surface area (Å²) >= 11 is 0. The SMILES string of the molecule is COC(=O)C(CNC1CCCC1)c1ccco1. The van der Waals surface area contributed by atoms with Crippen LogP contribution < -0.4 is 5.32 Å². The van der Waals surface area contributed by atoms with Crippen LogP contribution in [0.3, 0.4) is 0 Å². The van der Waals surface area contributed by atoms with Gasteiger partial charge in [0.1, 0.15) is 11.7 Å². The molecule has 0 amide bonds. The average Bonchev–Trinajstić information content (AvgIpc) is 3.01. The highest BCUT2D eigenvalue weighted by molar-refractivity contribution is 5.77. The van der Waals surface area contributed by atoms with Crippen molar-refractivity contribution in [1.29, 1.82) is 0 Å². The first-order valence-corrected chi connectivity index (χ1v) is 6.16.